The van der Waals surface area contributed by atoms with Crippen molar-refractivity contribution in [1.82, 2.24) is 29.9 Å². The van der Waals surface area contributed by atoms with E-state index in [0.29, 0.717) is 0 Å². The fourth-order valence-electron chi connectivity index (χ4n) is 2.15. The fraction of sp³-hybridized carbons (Fsp3) is 0.286. The lowest BCUT2D eigenvalue weighted by Crippen LogP contribution is -2.24. The van der Waals surface area contributed by atoms with E-state index >= 15 is 0 Å². The maximum absolute atomic E-state index is 4.22. The molecule has 0 amide bonds. The molecule has 0 aliphatic carbocycles. The Hall–Kier alpha value is -2.12. The van der Waals surface area contributed by atoms with Crippen LogP contribution in [0.4, 0.5) is 0 Å². The van der Waals surface area contributed by atoms with Crippen molar-refractivity contribution in [2.75, 3.05) is 6.54 Å². The number of hydrogen-bond donors (Lipinski definition) is 1. The Morgan fingerprint density at radius 1 is 1.19 bits per heavy atom. The van der Waals surface area contributed by atoms with E-state index in [4.69, 9.17) is 0 Å². The Kier molecular flexibility index (Phi) is 4.32. The third-order valence-electron chi connectivity index (χ3n) is 3.13. The molecule has 0 spiro atoms. The molecule has 7 heteroatoms. The van der Waals surface area contributed by atoms with Gasteiger partial charge in [-0.1, -0.05) is 34.8 Å². The zero-order valence-electron chi connectivity index (χ0n) is 11.7. The van der Waals surface area contributed by atoms with Gasteiger partial charge in [0, 0.05) is 0 Å². The molecule has 1 N–H and O–H groups in total. The van der Waals surface area contributed by atoms with Gasteiger partial charge in [0.05, 0.1) is 34.7 Å². The van der Waals surface area contributed by atoms with Crippen molar-refractivity contribution in [3.05, 3.63) is 53.3 Å². The topological polar surface area (TPSA) is 68.5 Å². The summed E-state index contributed by atoms with van der Waals surface area (Å²) in [6.07, 6.45) is 4.63. The van der Waals surface area contributed by atoms with Crippen molar-refractivity contribution >= 4 is 11.5 Å². The van der Waals surface area contributed by atoms with Gasteiger partial charge < -0.3 is 5.32 Å². The van der Waals surface area contributed by atoms with Gasteiger partial charge in [-0.15, -0.1) is 10.2 Å². The summed E-state index contributed by atoms with van der Waals surface area (Å²) in [5, 5.41) is 15.7. The number of aromatic nitrogens is 5. The van der Waals surface area contributed by atoms with E-state index in [1.807, 2.05) is 35.0 Å². The van der Waals surface area contributed by atoms with Gasteiger partial charge in [0.1, 0.15) is 0 Å². The van der Waals surface area contributed by atoms with E-state index in [2.05, 4.69) is 32.1 Å². The molecule has 6 nitrogen and oxygen atoms in total. The smallest absolute Gasteiger partial charge is 0.0895 e. The predicted molar refractivity (Wildman–Crippen MR) is 81.4 cm³/mol. The zero-order valence-corrected chi connectivity index (χ0v) is 12.5. The second kappa shape index (κ2) is 6.55. The molecule has 2 heterocycles. The minimum atomic E-state index is 0.000145. The summed E-state index contributed by atoms with van der Waals surface area (Å²) in [7, 11) is 0. The standard InChI is InChI=1S/C14H16N6S/c1-2-8-15-14(13-10-17-19-21-13)12-9-16-18-20(12)11-6-4-3-5-7-11/h3-7,9-10,14-15H,2,8H2,1H3. The molecule has 1 unspecified atom stereocenters. The highest BCUT2D eigenvalue weighted by Crippen LogP contribution is 2.25. The number of para-hydroxylation sites is 1. The van der Waals surface area contributed by atoms with E-state index < -0.39 is 0 Å². The van der Waals surface area contributed by atoms with Crippen LogP contribution in [0.25, 0.3) is 5.69 Å². The maximum atomic E-state index is 4.22. The number of rotatable bonds is 6. The average molecular weight is 300 g/mol. The first-order valence-electron chi connectivity index (χ1n) is 6.87. The third-order valence-corrected chi connectivity index (χ3v) is 3.86. The third kappa shape index (κ3) is 2.98. The van der Waals surface area contributed by atoms with Gasteiger partial charge in [-0.3, -0.25) is 0 Å². The molecule has 0 fully saturated rings. The van der Waals surface area contributed by atoms with Gasteiger partial charge >= 0.3 is 0 Å². The SMILES string of the molecule is CCCNC(c1cnns1)c1cnnn1-c1ccccc1. The minimum Gasteiger partial charge on any atom is -0.304 e. The van der Waals surface area contributed by atoms with E-state index in [1.54, 1.807) is 12.4 Å². The zero-order chi connectivity index (χ0) is 14.5. The molecule has 0 aliphatic rings. The van der Waals surface area contributed by atoms with Gasteiger partial charge in [0.15, 0.2) is 0 Å². The monoisotopic (exact) mass is 300 g/mol. The largest absolute Gasteiger partial charge is 0.304 e. The normalized spacial score (nSPS) is 12.4. The number of benzene rings is 1. The van der Waals surface area contributed by atoms with E-state index in [9.17, 15) is 0 Å². The number of nitrogens with one attached hydrogen (secondary N) is 1. The maximum Gasteiger partial charge on any atom is 0.0895 e. The van der Waals surface area contributed by atoms with Crippen molar-refractivity contribution < 1.29 is 0 Å². The quantitative estimate of drug-likeness (QED) is 0.756. The Bertz CT molecular complexity index is 664. The molecular weight excluding hydrogens is 284 g/mol. The Morgan fingerprint density at radius 3 is 2.76 bits per heavy atom. The summed E-state index contributed by atoms with van der Waals surface area (Å²) in [4.78, 5) is 1.06. The Labute approximate surface area is 127 Å². The van der Waals surface area contributed by atoms with Crippen molar-refractivity contribution in [2.45, 2.75) is 19.4 Å². The second-order valence-electron chi connectivity index (χ2n) is 4.61. The molecule has 2 aromatic heterocycles. The first-order valence-corrected chi connectivity index (χ1v) is 7.64. The Morgan fingerprint density at radius 2 is 2.05 bits per heavy atom. The molecule has 0 saturated carbocycles. The van der Waals surface area contributed by atoms with E-state index in [0.717, 1.165) is 29.2 Å². The van der Waals surface area contributed by atoms with Crippen LogP contribution in [0.3, 0.4) is 0 Å². The molecule has 1 aromatic carbocycles. The highest BCUT2D eigenvalue weighted by atomic mass is 32.1. The Balaban J connectivity index is 1.99. The van der Waals surface area contributed by atoms with Crippen LogP contribution in [0.15, 0.2) is 42.7 Å². The van der Waals surface area contributed by atoms with Gasteiger partial charge in [-0.25, -0.2) is 4.68 Å². The minimum absolute atomic E-state index is 0.000145. The fourth-order valence-corrected chi connectivity index (χ4v) is 2.74. The highest BCUT2D eigenvalue weighted by molar-refractivity contribution is 7.05. The van der Waals surface area contributed by atoms with Crippen molar-refractivity contribution in [2.24, 2.45) is 0 Å². The molecule has 0 bridgehead atoms. The van der Waals surface area contributed by atoms with Gasteiger partial charge in [-0.2, -0.15) is 0 Å². The molecule has 0 saturated heterocycles. The number of nitrogens with zero attached hydrogens (tertiary/aromatic N) is 5. The van der Waals surface area contributed by atoms with Crippen molar-refractivity contribution in [3.63, 3.8) is 0 Å². The lowest BCUT2D eigenvalue weighted by Gasteiger charge is -2.17. The molecule has 3 aromatic rings. The highest BCUT2D eigenvalue weighted by Gasteiger charge is 2.21. The summed E-state index contributed by atoms with van der Waals surface area (Å²) in [5.41, 5.74) is 1.98. The lowest BCUT2D eigenvalue weighted by molar-refractivity contribution is 0.575. The average Bonchev–Trinajstić information content (AvgIpc) is 3.20. The van der Waals surface area contributed by atoms with Gasteiger partial charge in [-0.05, 0) is 36.6 Å². The molecule has 1 atom stereocenters. The van der Waals surface area contributed by atoms with Crippen LogP contribution < -0.4 is 5.32 Å². The van der Waals surface area contributed by atoms with Gasteiger partial charge in [0.25, 0.3) is 0 Å². The molecule has 0 aliphatic heterocycles. The number of hydrogen-bond acceptors (Lipinski definition) is 6. The second-order valence-corrected chi connectivity index (χ2v) is 5.43. The summed E-state index contributed by atoms with van der Waals surface area (Å²) >= 11 is 1.39. The summed E-state index contributed by atoms with van der Waals surface area (Å²) in [6.45, 7) is 3.05. The summed E-state index contributed by atoms with van der Waals surface area (Å²) < 4.78 is 5.82. The summed E-state index contributed by atoms with van der Waals surface area (Å²) in [6, 6.07) is 9.99. The van der Waals surface area contributed by atoms with Crippen LogP contribution in [-0.4, -0.2) is 31.1 Å². The van der Waals surface area contributed by atoms with Crippen LogP contribution in [0.2, 0.25) is 0 Å². The summed E-state index contributed by atoms with van der Waals surface area (Å²) in [5.74, 6) is 0. The van der Waals surface area contributed by atoms with E-state index in [-0.39, 0.29) is 6.04 Å². The van der Waals surface area contributed by atoms with Crippen molar-refractivity contribution in [1.29, 1.82) is 0 Å². The molecule has 3 rings (SSSR count). The predicted octanol–water partition coefficient (Wildman–Crippen LogP) is 2.21. The van der Waals surface area contributed by atoms with Crippen LogP contribution in [0, 0.1) is 0 Å². The van der Waals surface area contributed by atoms with Crippen LogP contribution in [-0.2, 0) is 0 Å². The van der Waals surface area contributed by atoms with Crippen LogP contribution >= 0.6 is 11.5 Å². The molecule has 0 radical (unpaired) electrons. The van der Waals surface area contributed by atoms with Crippen LogP contribution in [0.5, 0.6) is 0 Å². The molecule has 108 valence electrons. The molecule has 21 heavy (non-hydrogen) atoms. The lowest BCUT2D eigenvalue weighted by atomic mass is 10.1. The first-order chi connectivity index (χ1) is 10.4. The van der Waals surface area contributed by atoms with Crippen molar-refractivity contribution in [3.8, 4) is 5.69 Å². The van der Waals surface area contributed by atoms with E-state index in [1.165, 1.54) is 11.5 Å². The first kappa shape index (κ1) is 13.8. The molecular formula is C14H16N6S. The van der Waals surface area contributed by atoms with Crippen LogP contribution in [0.1, 0.15) is 30.0 Å². The van der Waals surface area contributed by atoms with Gasteiger partial charge in [0.2, 0.25) is 0 Å².